The smallest absolute Gasteiger partial charge is 0.240 e. The van der Waals surface area contributed by atoms with Crippen LogP contribution in [0.4, 0.5) is 4.39 Å². The van der Waals surface area contributed by atoms with Crippen LogP contribution in [0.15, 0.2) is 84.0 Å². The highest BCUT2D eigenvalue weighted by atomic mass is 19.1. The molecule has 31 heavy (non-hydrogen) atoms. The Kier molecular flexibility index (Phi) is 5.66. The molecule has 0 bridgehead atoms. The molecule has 0 fully saturated rings. The lowest BCUT2D eigenvalue weighted by molar-refractivity contribution is -0.121. The number of carbonyl (C=O) groups is 2. The number of benzene rings is 2. The van der Waals surface area contributed by atoms with Gasteiger partial charge in [0.15, 0.2) is 5.78 Å². The van der Waals surface area contributed by atoms with Crippen LogP contribution in [0.3, 0.4) is 0 Å². The van der Waals surface area contributed by atoms with Gasteiger partial charge >= 0.3 is 0 Å². The van der Waals surface area contributed by atoms with E-state index in [0.29, 0.717) is 12.1 Å². The quantitative estimate of drug-likeness (QED) is 0.491. The van der Waals surface area contributed by atoms with Crippen LogP contribution >= 0.6 is 0 Å². The van der Waals surface area contributed by atoms with Crippen molar-refractivity contribution < 1.29 is 14.0 Å². The van der Waals surface area contributed by atoms with Crippen LogP contribution in [-0.2, 0) is 17.9 Å². The van der Waals surface area contributed by atoms with Gasteiger partial charge in [0.05, 0.1) is 11.1 Å². The number of ketones is 1. The van der Waals surface area contributed by atoms with Crippen molar-refractivity contribution in [3.8, 4) is 0 Å². The first-order chi connectivity index (χ1) is 15.0. The largest absolute Gasteiger partial charge is 0.350 e. The molecule has 0 aliphatic heterocycles. The highest BCUT2D eigenvalue weighted by molar-refractivity contribution is 6.10. The van der Waals surface area contributed by atoms with Crippen molar-refractivity contribution in [1.82, 2.24) is 14.9 Å². The van der Waals surface area contributed by atoms with E-state index in [1.807, 2.05) is 30.3 Å². The van der Waals surface area contributed by atoms with Crippen molar-refractivity contribution in [1.29, 1.82) is 0 Å². The normalized spacial score (nSPS) is 10.7. The van der Waals surface area contributed by atoms with E-state index in [9.17, 15) is 18.8 Å². The number of nitrogens with one attached hydrogen (secondary N) is 1. The second-order valence-corrected chi connectivity index (χ2v) is 6.99. The molecule has 4 rings (SSSR count). The Morgan fingerprint density at radius 3 is 2.48 bits per heavy atom. The molecular formula is C24H18FN3O3. The Labute approximate surface area is 177 Å². The number of amides is 1. The van der Waals surface area contributed by atoms with Gasteiger partial charge in [0.25, 0.3) is 0 Å². The minimum atomic E-state index is -0.599. The predicted molar refractivity (Wildman–Crippen MR) is 114 cm³/mol. The van der Waals surface area contributed by atoms with E-state index in [4.69, 9.17) is 0 Å². The van der Waals surface area contributed by atoms with Crippen molar-refractivity contribution in [2.75, 3.05) is 0 Å². The number of pyridine rings is 2. The summed E-state index contributed by atoms with van der Waals surface area (Å²) in [5.74, 6) is -1.42. The lowest BCUT2D eigenvalue weighted by atomic mass is 10.0. The van der Waals surface area contributed by atoms with Gasteiger partial charge in [-0.1, -0.05) is 30.3 Å². The van der Waals surface area contributed by atoms with E-state index >= 15 is 0 Å². The van der Waals surface area contributed by atoms with E-state index in [1.165, 1.54) is 47.4 Å². The molecule has 0 aliphatic carbocycles. The summed E-state index contributed by atoms with van der Waals surface area (Å²) in [6.45, 7) is 0.209. The molecule has 0 spiro atoms. The van der Waals surface area contributed by atoms with Crippen molar-refractivity contribution >= 4 is 22.6 Å². The Morgan fingerprint density at radius 2 is 1.74 bits per heavy atom. The fourth-order valence-electron chi connectivity index (χ4n) is 3.33. The zero-order chi connectivity index (χ0) is 21.8. The summed E-state index contributed by atoms with van der Waals surface area (Å²) in [7, 11) is 0. The Bertz CT molecular complexity index is 1320. The number of aromatic nitrogens is 2. The minimum Gasteiger partial charge on any atom is -0.350 e. The summed E-state index contributed by atoms with van der Waals surface area (Å²) >= 11 is 0. The highest BCUT2D eigenvalue weighted by Gasteiger charge is 2.18. The molecule has 4 aromatic rings. The van der Waals surface area contributed by atoms with Crippen LogP contribution < -0.4 is 10.7 Å². The van der Waals surface area contributed by atoms with Gasteiger partial charge in [-0.25, -0.2) is 4.39 Å². The van der Waals surface area contributed by atoms with Gasteiger partial charge in [0, 0.05) is 36.1 Å². The number of rotatable bonds is 6. The molecule has 1 amide bonds. The first-order valence-electron chi connectivity index (χ1n) is 9.61. The van der Waals surface area contributed by atoms with Gasteiger partial charge in [-0.2, -0.15) is 0 Å². The van der Waals surface area contributed by atoms with Crippen molar-refractivity contribution in [3.05, 3.63) is 112 Å². The van der Waals surface area contributed by atoms with Crippen LogP contribution in [0.2, 0.25) is 0 Å². The molecule has 2 aromatic carbocycles. The fourth-order valence-corrected chi connectivity index (χ4v) is 3.33. The second kappa shape index (κ2) is 8.71. The molecule has 0 saturated carbocycles. The number of fused-ring (bicyclic) bond motifs is 1. The Hall–Kier alpha value is -4.13. The Balaban J connectivity index is 1.70. The molecular weight excluding hydrogens is 397 g/mol. The van der Waals surface area contributed by atoms with Gasteiger partial charge in [-0.05, 0) is 35.9 Å². The number of hydrogen-bond donors (Lipinski definition) is 1. The molecule has 154 valence electrons. The number of carbonyl (C=O) groups excluding carboxylic acids is 2. The molecule has 0 atom stereocenters. The lowest BCUT2D eigenvalue weighted by Crippen LogP contribution is -2.29. The molecule has 6 nitrogen and oxygen atoms in total. The molecule has 2 aromatic heterocycles. The van der Waals surface area contributed by atoms with Crippen molar-refractivity contribution in [2.45, 2.75) is 13.1 Å². The molecule has 7 heteroatoms. The maximum Gasteiger partial charge on any atom is 0.240 e. The Morgan fingerprint density at radius 1 is 1.00 bits per heavy atom. The van der Waals surface area contributed by atoms with Crippen molar-refractivity contribution in [3.63, 3.8) is 0 Å². The topological polar surface area (TPSA) is 81.1 Å². The van der Waals surface area contributed by atoms with Crippen LogP contribution in [-0.4, -0.2) is 21.2 Å². The summed E-state index contributed by atoms with van der Waals surface area (Å²) in [6, 6.07) is 16.1. The number of halogens is 1. The fraction of sp³-hybridized carbons (Fsp3) is 0.0833. The minimum absolute atomic E-state index is 0.0377. The third kappa shape index (κ3) is 4.40. The molecule has 1 N–H and O–H groups in total. The molecule has 0 radical (unpaired) electrons. The predicted octanol–water partition coefficient (Wildman–Crippen LogP) is 3.08. The summed E-state index contributed by atoms with van der Waals surface area (Å²) in [5.41, 5.74) is 0.865. The van der Waals surface area contributed by atoms with Crippen LogP contribution in [0.25, 0.3) is 10.9 Å². The first kappa shape index (κ1) is 20.2. The first-order valence-corrected chi connectivity index (χ1v) is 9.61. The van der Waals surface area contributed by atoms with Gasteiger partial charge in [0.1, 0.15) is 12.4 Å². The van der Waals surface area contributed by atoms with Gasteiger partial charge in [-0.3, -0.25) is 19.4 Å². The number of nitrogens with zero attached hydrogens (tertiary/aromatic N) is 2. The van der Waals surface area contributed by atoms with Gasteiger partial charge in [0.2, 0.25) is 11.3 Å². The van der Waals surface area contributed by atoms with Crippen molar-refractivity contribution in [2.24, 2.45) is 0 Å². The van der Waals surface area contributed by atoms with E-state index in [2.05, 4.69) is 10.3 Å². The van der Waals surface area contributed by atoms with Crippen LogP contribution in [0.5, 0.6) is 0 Å². The van der Waals surface area contributed by atoms with E-state index in [1.54, 1.807) is 0 Å². The standard InChI is InChI=1S/C24H18FN3O3/c25-18-6-7-21-19(12-18)24(31)20(23(30)17-8-10-26-11-9-17)14-28(21)15-22(29)27-13-16-4-2-1-3-5-16/h1-12,14H,13,15H2,(H,27,29). The van der Waals surface area contributed by atoms with Gasteiger partial charge < -0.3 is 9.88 Å². The summed E-state index contributed by atoms with van der Waals surface area (Å²) in [4.78, 5) is 42.3. The highest BCUT2D eigenvalue weighted by Crippen LogP contribution is 2.16. The maximum atomic E-state index is 13.9. The van der Waals surface area contributed by atoms with E-state index < -0.39 is 17.0 Å². The summed E-state index contributed by atoms with van der Waals surface area (Å²) in [6.07, 6.45) is 4.25. The monoisotopic (exact) mass is 415 g/mol. The van der Waals surface area contributed by atoms with Crippen LogP contribution in [0, 0.1) is 5.82 Å². The SMILES string of the molecule is O=C(Cn1cc(C(=O)c2ccncc2)c(=O)c2cc(F)ccc21)NCc1ccccc1. The summed E-state index contributed by atoms with van der Waals surface area (Å²) in [5, 5.41) is 2.85. The molecule has 2 heterocycles. The summed E-state index contributed by atoms with van der Waals surface area (Å²) < 4.78 is 15.3. The van der Waals surface area contributed by atoms with E-state index in [-0.39, 0.29) is 29.0 Å². The third-order valence-electron chi connectivity index (χ3n) is 4.88. The number of hydrogen-bond acceptors (Lipinski definition) is 4. The maximum absolute atomic E-state index is 13.9. The second-order valence-electron chi connectivity index (χ2n) is 6.99. The zero-order valence-corrected chi connectivity index (χ0v) is 16.4. The lowest BCUT2D eigenvalue weighted by Gasteiger charge is -2.13. The van der Waals surface area contributed by atoms with Crippen LogP contribution in [0.1, 0.15) is 21.5 Å². The third-order valence-corrected chi connectivity index (χ3v) is 4.88. The zero-order valence-electron chi connectivity index (χ0n) is 16.4. The molecule has 0 saturated heterocycles. The van der Waals surface area contributed by atoms with Gasteiger partial charge in [-0.15, -0.1) is 0 Å². The molecule has 0 aliphatic rings. The average molecular weight is 415 g/mol. The average Bonchev–Trinajstić information content (AvgIpc) is 2.80. The molecule has 0 unspecified atom stereocenters. The van der Waals surface area contributed by atoms with E-state index in [0.717, 1.165) is 11.6 Å².